The number of amides is 1. The second-order valence-electron chi connectivity index (χ2n) is 14.3. The van der Waals surface area contributed by atoms with Gasteiger partial charge in [0.15, 0.2) is 0 Å². The zero-order valence-corrected chi connectivity index (χ0v) is 27.6. The highest BCUT2D eigenvalue weighted by atomic mass is 16.5. The molecule has 1 amide bonds. The van der Waals surface area contributed by atoms with Crippen molar-refractivity contribution < 1.29 is 19.1 Å². The number of piperidine rings is 1. The molecule has 1 spiro atoms. The number of nitrogens with zero attached hydrogens (tertiary/aromatic N) is 2. The molecule has 0 unspecified atom stereocenters. The van der Waals surface area contributed by atoms with Crippen LogP contribution in [0.15, 0.2) is 72.8 Å². The summed E-state index contributed by atoms with van der Waals surface area (Å²) in [5, 5.41) is 0. The number of ether oxygens (including phenoxy) is 2. The lowest BCUT2D eigenvalue weighted by Gasteiger charge is -2.60. The fourth-order valence-electron chi connectivity index (χ4n) is 9.18. The van der Waals surface area contributed by atoms with Gasteiger partial charge in [0, 0.05) is 48.7 Å². The van der Waals surface area contributed by atoms with E-state index in [9.17, 15) is 9.59 Å². The van der Waals surface area contributed by atoms with Crippen molar-refractivity contribution in [2.45, 2.75) is 83.4 Å². The first-order valence-corrected chi connectivity index (χ1v) is 17.1. The number of hydrogen-bond donors (Lipinski definition) is 0. The number of rotatable bonds is 9. The minimum Gasteiger partial charge on any atom is -0.487 e. The number of carbonyl (C=O) groups excluding carboxylic acids is 2. The van der Waals surface area contributed by atoms with Gasteiger partial charge in [-0.15, -0.1) is 0 Å². The van der Waals surface area contributed by atoms with Crippen LogP contribution < -0.4 is 9.47 Å². The van der Waals surface area contributed by atoms with Gasteiger partial charge >= 0.3 is 5.97 Å². The molecule has 0 aromatic heterocycles. The van der Waals surface area contributed by atoms with Crippen LogP contribution in [0.3, 0.4) is 0 Å². The van der Waals surface area contributed by atoms with E-state index in [0.717, 1.165) is 62.1 Å². The molecule has 2 bridgehead atoms. The van der Waals surface area contributed by atoms with Gasteiger partial charge in [0.25, 0.3) is 0 Å². The highest BCUT2D eigenvalue weighted by Crippen LogP contribution is 2.64. The van der Waals surface area contributed by atoms with Crippen LogP contribution in [0, 0.1) is 18.8 Å². The summed E-state index contributed by atoms with van der Waals surface area (Å²) in [6.07, 6.45) is 8.34. The van der Waals surface area contributed by atoms with Crippen molar-refractivity contribution in [1.29, 1.82) is 0 Å². The number of hydrogen-bond acceptors (Lipinski definition) is 5. The second kappa shape index (κ2) is 12.4. The third-order valence-corrected chi connectivity index (χ3v) is 10.9. The van der Waals surface area contributed by atoms with Gasteiger partial charge in [-0.3, -0.25) is 14.5 Å². The molecule has 240 valence electrons. The molecule has 1 saturated carbocycles. The zero-order chi connectivity index (χ0) is 32.0. The van der Waals surface area contributed by atoms with E-state index >= 15 is 0 Å². The van der Waals surface area contributed by atoms with Crippen LogP contribution in [0.2, 0.25) is 0 Å². The fraction of sp³-hybridized carbons (Fsp3) is 0.450. The summed E-state index contributed by atoms with van der Waals surface area (Å²) in [7, 11) is 0. The molecule has 2 fully saturated rings. The summed E-state index contributed by atoms with van der Waals surface area (Å²) in [5.74, 6) is 2.06. The summed E-state index contributed by atoms with van der Waals surface area (Å²) < 4.78 is 12.9. The molecule has 6 nitrogen and oxygen atoms in total. The minimum atomic E-state index is -0.298. The second-order valence-corrected chi connectivity index (χ2v) is 14.3. The Morgan fingerprint density at radius 3 is 2.67 bits per heavy atom. The van der Waals surface area contributed by atoms with Gasteiger partial charge in [0.2, 0.25) is 5.91 Å². The Morgan fingerprint density at radius 2 is 1.91 bits per heavy atom. The van der Waals surface area contributed by atoms with Crippen LogP contribution in [0.1, 0.15) is 67.9 Å². The maximum atomic E-state index is 14.1. The van der Waals surface area contributed by atoms with Gasteiger partial charge in [-0.1, -0.05) is 74.0 Å². The molecule has 3 aromatic carbocycles. The highest BCUT2D eigenvalue weighted by molar-refractivity contribution is 5.92. The zero-order valence-electron chi connectivity index (χ0n) is 27.6. The Hall–Kier alpha value is -3.90. The van der Waals surface area contributed by atoms with Crippen LogP contribution in [0.4, 0.5) is 0 Å². The van der Waals surface area contributed by atoms with Gasteiger partial charge in [-0.25, -0.2) is 0 Å². The molecule has 5 atom stereocenters. The van der Waals surface area contributed by atoms with E-state index in [1.807, 2.05) is 30.3 Å². The molecular formula is C40H46N2O4. The molecule has 1 saturated heterocycles. The lowest BCUT2D eigenvalue weighted by Crippen LogP contribution is -2.69. The average molecular weight is 619 g/mol. The predicted molar refractivity (Wildman–Crippen MR) is 181 cm³/mol. The Labute approximate surface area is 273 Å². The Morgan fingerprint density at radius 1 is 1.09 bits per heavy atom. The highest BCUT2D eigenvalue weighted by Gasteiger charge is 2.66. The van der Waals surface area contributed by atoms with Gasteiger partial charge in [-0.2, -0.15) is 0 Å². The van der Waals surface area contributed by atoms with Crippen molar-refractivity contribution in [3.05, 3.63) is 101 Å². The first kappa shape index (κ1) is 30.7. The molecule has 0 N–H and O–H groups in total. The molecule has 2 aliphatic heterocycles. The molecule has 3 aromatic rings. The van der Waals surface area contributed by atoms with Crippen molar-refractivity contribution >= 4 is 18.0 Å². The summed E-state index contributed by atoms with van der Waals surface area (Å²) >= 11 is 0. The number of esters is 1. The van der Waals surface area contributed by atoms with Crippen LogP contribution in [-0.2, 0) is 27.8 Å². The van der Waals surface area contributed by atoms with E-state index < -0.39 is 0 Å². The van der Waals surface area contributed by atoms with E-state index in [-0.39, 0.29) is 29.4 Å². The molecule has 7 rings (SSSR count). The maximum Gasteiger partial charge on any atom is 0.308 e. The van der Waals surface area contributed by atoms with Crippen LogP contribution in [0.5, 0.6) is 11.5 Å². The Balaban J connectivity index is 1.25. The lowest BCUT2D eigenvalue weighted by atomic mass is 9.50. The van der Waals surface area contributed by atoms with Crippen molar-refractivity contribution in [2.24, 2.45) is 11.8 Å². The monoisotopic (exact) mass is 618 g/mol. The van der Waals surface area contributed by atoms with Crippen molar-refractivity contribution in [1.82, 2.24) is 9.80 Å². The predicted octanol–water partition coefficient (Wildman–Crippen LogP) is 6.77. The van der Waals surface area contributed by atoms with E-state index in [0.29, 0.717) is 30.2 Å². The summed E-state index contributed by atoms with van der Waals surface area (Å²) in [5.41, 5.74) is 5.72. The van der Waals surface area contributed by atoms with Gasteiger partial charge in [-0.05, 0) is 86.7 Å². The maximum absolute atomic E-state index is 14.1. The Kier molecular flexibility index (Phi) is 8.26. The lowest BCUT2D eigenvalue weighted by molar-refractivity contribution is -0.138. The molecular weight excluding hydrogens is 572 g/mol. The minimum absolute atomic E-state index is 0.0413. The van der Waals surface area contributed by atoms with E-state index in [2.05, 4.69) is 73.0 Å². The standard InChI is InChI=1S/C40H46N2O4/c1-26(2)25-42(37(44)18-13-30-12-8-9-27(3)23-30)33-15-14-32-34-24-31-35(45-28(4)43)16-17-36-38(31)40(32,39(33)46-36)20-22-41(34)21-19-29-10-6-5-7-11-29/h5-13,16-18,23,26,32-34,39H,14-15,19-22,24-25H2,1-4H3/t32-,33-,34+,39-,40-/m0/s1. The van der Waals surface area contributed by atoms with E-state index in [1.54, 1.807) is 6.08 Å². The Bertz CT molecular complexity index is 1650. The summed E-state index contributed by atoms with van der Waals surface area (Å²) in [4.78, 5) is 31.1. The third kappa shape index (κ3) is 5.45. The van der Waals surface area contributed by atoms with Crippen LogP contribution in [-0.4, -0.2) is 59.5 Å². The van der Waals surface area contributed by atoms with Gasteiger partial charge < -0.3 is 14.4 Å². The number of benzene rings is 3. The first-order chi connectivity index (χ1) is 22.2. The normalized spacial score (nSPS) is 26.1. The molecule has 4 aliphatic rings. The van der Waals surface area contributed by atoms with Crippen molar-refractivity contribution in [3.8, 4) is 11.5 Å². The van der Waals surface area contributed by atoms with Gasteiger partial charge in [0.05, 0.1) is 6.04 Å². The smallest absolute Gasteiger partial charge is 0.308 e. The molecule has 2 aliphatic carbocycles. The summed E-state index contributed by atoms with van der Waals surface area (Å²) in [6.45, 7) is 10.6. The largest absolute Gasteiger partial charge is 0.487 e. The third-order valence-electron chi connectivity index (χ3n) is 10.9. The molecule has 46 heavy (non-hydrogen) atoms. The van der Waals surface area contributed by atoms with Crippen LogP contribution in [0.25, 0.3) is 6.08 Å². The van der Waals surface area contributed by atoms with Crippen molar-refractivity contribution in [3.63, 3.8) is 0 Å². The molecule has 6 heteroatoms. The topological polar surface area (TPSA) is 59.1 Å². The van der Waals surface area contributed by atoms with Crippen molar-refractivity contribution in [2.75, 3.05) is 19.6 Å². The summed E-state index contributed by atoms with van der Waals surface area (Å²) in [6, 6.07) is 23.2. The van der Waals surface area contributed by atoms with E-state index in [4.69, 9.17) is 9.47 Å². The quantitative estimate of drug-likeness (QED) is 0.151. The van der Waals surface area contributed by atoms with Gasteiger partial charge in [0.1, 0.15) is 17.6 Å². The average Bonchev–Trinajstić information content (AvgIpc) is 3.37. The molecule has 2 heterocycles. The number of aryl methyl sites for hydroxylation is 1. The number of carbonyl (C=O) groups is 2. The van der Waals surface area contributed by atoms with Crippen LogP contribution >= 0.6 is 0 Å². The number of likely N-dealkylation sites (tertiary alicyclic amines) is 1. The SMILES string of the molecule is CC(=O)Oc1ccc2c3c1C[C@@H]1[C@@H]4CC[C@H](N(CC(C)C)C(=O)C=Cc5cccc(C)c5)[C@H](O2)[C@]34CCN1CCc1ccccc1. The molecule has 0 radical (unpaired) electrons. The first-order valence-electron chi connectivity index (χ1n) is 17.1. The van der Waals surface area contributed by atoms with E-state index in [1.165, 1.54) is 23.6 Å². The fourth-order valence-corrected chi connectivity index (χ4v) is 9.18.